The number of benzene rings is 1. The maximum Gasteiger partial charge on any atom is 0.260 e. The molecule has 0 bridgehead atoms. The van der Waals surface area contributed by atoms with Gasteiger partial charge >= 0.3 is 0 Å². The second-order valence-electron chi connectivity index (χ2n) is 5.27. The SMILES string of the molecule is CC(Oc1ccc(Cl)c(Cl)c1)C(=O)NCCC1CCNC1.Cl. The van der Waals surface area contributed by atoms with Crippen LogP contribution in [0.5, 0.6) is 5.75 Å². The summed E-state index contributed by atoms with van der Waals surface area (Å²) in [6.45, 7) is 4.52. The first-order valence-electron chi connectivity index (χ1n) is 7.16. The minimum absolute atomic E-state index is 0. The summed E-state index contributed by atoms with van der Waals surface area (Å²) in [5.41, 5.74) is 0. The third-order valence-corrected chi connectivity index (χ3v) is 4.33. The molecule has 1 heterocycles. The molecule has 1 aliphatic rings. The minimum Gasteiger partial charge on any atom is -0.481 e. The lowest BCUT2D eigenvalue weighted by Gasteiger charge is -2.16. The summed E-state index contributed by atoms with van der Waals surface area (Å²) >= 11 is 11.8. The normalized spacial score (nSPS) is 18.4. The van der Waals surface area contributed by atoms with Crippen molar-refractivity contribution in [2.24, 2.45) is 5.92 Å². The highest BCUT2D eigenvalue weighted by Crippen LogP contribution is 2.26. The van der Waals surface area contributed by atoms with Gasteiger partial charge in [-0.2, -0.15) is 0 Å². The van der Waals surface area contributed by atoms with E-state index in [1.807, 2.05) is 0 Å². The van der Waals surface area contributed by atoms with E-state index in [4.69, 9.17) is 27.9 Å². The highest BCUT2D eigenvalue weighted by Gasteiger charge is 2.17. The zero-order valence-corrected chi connectivity index (χ0v) is 14.7. The summed E-state index contributed by atoms with van der Waals surface area (Å²) in [4.78, 5) is 12.0. The quantitative estimate of drug-likeness (QED) is 0.811. The molecule has 1 aromatic carbocycles. The zero-order chi connectivity index (χ0) is 15.2. The van der Waals surface area contributed by atoms with Crippen LogP contribution in [0.25, 0.3) is 0 Å². The van der Waals surface area contributed by atoms with Crippen LogP contribution in [-0.4, -0.2) is 31.6 Å². The Bertz CT molecular complexity index is 494. The Hall–Kier alpha value is -0.680. The van der Waals surface area contributed by atoms with E-state index in [-0.39, 0.29) is 18.3 Å². The molecular formula is C15H21Cl3N2O2. The third-order valence-electron chi connectivity index (χ3n) is 3.59. The summed E-state index contributed by atoms with van der Waals surface area (Å²) in [6, 6.07) is 4.96. The van der Waals surface area contributed by atoms with Gasteiger partial charge in [0.1, 0.15) is 5.75 Å². The molecule has 0 aliphatic carbocycles. The topological polar surface area (TPSA) is 50.4 Å². The van der Waals surface area contributed by atoms with E-state index in [9.17, 15) is 4.79 Å². The van der Waals surface area contributed by atoms with Gasteiger partial charge < -0.3 is 15.4 Å². The molecule has 2 rings (SSSR count). The molecule has 124 valence electrons. The molecule has 1 amide bonds. The average Bonchev–Trinajstić information content (AvgIpc) is 2.96. The number of halogens is 3. The molecule has 0 aromatic heterocycles. The van der Waals surface area contributed by atoms with Crippen molar-refractivity contribution in [1.82, 2.24) is 10.6 Å². The lowest BCUT2D eigenvalue weighted by Crippen LogP contribution is -2.37. The number of hydrogen-bond acceptors (Lipinski definition) is 3. The summed E-state index contributed by atoms with van der Waals surface area (Å²) < 4.78 is 5.57. The van der Waals surface area contributed by atoms with Crippen LogP contribution in [0, 0.1) is 5.92 Å². The second kappa shape index (κ2) is 9.46. The summed E-state index contributed by atoms with van der Waals surface area (Å²) in [6.07, 6.45) is 1.62. The number of rotatable bonds is 6. The number of nitrogens with one attached hydrogen (secondary N) is 2. The van der Waals surface area contributed by atoms with Crippen LogP contribution in [-0.2, 0) is 4.79 Å². The van der Waals surface area contributed by atoms with Crippen molar-refractivity contribution < 1.29 is 9.53 Å². The molecule has 4 nitrogen and oxygen atoms in total. The largest absolute Gasteiger partial charge is 0.481 e. The van der Waals surface area contributed by atoms with Gasteiger partial charge in [0.2, 0.25) is 0 Å². The van der Waals surface area contributed by atoms with Crippen LogP contribution < -0.4 is 15.4 Å². The van der Waals surface area contributed by atoms with Gasteiger partial charge in [-0.05, 0) is 50.9 Å². The molecule has 1 saturated heterocycles. The van der Waals surface area contributed by atoms with Crippen LogP contribution in [0.3, 0.4) is 0 Å². The molecule has 2 unspecified atom stereocenters. The van der Waals surface area contributed by atoms with E-state index in [1.165, 1.54) is 6.42 Å². The number of carbonyl (C=O) groups is 1. The Balaban J connectivity index is 0.00000242. The predicted octanol–water partition coefficient (Wildman–Crippen LogP) is 3.30. The number of hydrogen-bond donors (Lipinski definition) is 2. The van der Waals surface area contributed by atoms with Crippen LogP contribution in [0.1, 0.15) is 19.8 Å². The first-order chi connectivity index (χ1) is 10.1. The van der Waals surface area contributed by atoms with E-state index in [2.05, 4.69) is 10.6 Å². The van der Waals surface area contributed by atoms with E-state index < -0.39 is 6.10 Å². The van der Waals surface area contributed by atoms with Crippen molar-refractivity contribution in [3.05, 3.63) is 28.2 Å². The van der Waals surface area contributed by atoms with E-state index in [0.717, 1.165) is 19.5 Å². The fourth-order valence-corrected chi connectivity index (χ4v) is 2.60. The smallest absolute Gasteiger partial charge is 0.260 e. The van der Waals surface area contributed by atoms with E-state index in [0.29, 0.717) is 28.3 Å². The van der Waals surface area contributed by atoms with Crippen LogP contribution in [0.4, 0.5) is 0 Å². The van der Waals surface area contributed by atoms with E-state index >= 15 is 0 Å². The van der Waals surface area contributed by atoms with Crippen LogP contribution in [0.2, 0.25) is 10.0 Å². The van der Waals surface area contributed by atoms with Crippen molar-refractivity contribution in [3.63, 3.8) is 0 Å². The Labute approximate surface area is 147 Å². The lowest BCUT2D eigenvalue weighted by atomic mass is 10.1. The Morgan fingerprint density at radius 3 is 2.86 bits per heavy atom. The summed E-state index contributed by atoms with van der Waals surface area (Å²) in [5, 5.41) is 7.10. The van der Waals surface area contributed by atoms with E-state index in [1.54, 1.807) is 25.1 Å². The monoisotopic (exact) mass is 366 g/mol. The van der Waals surface area contributed by atoms with Crippen molar-refractivity contribution >= 4 is 41.5 Å². The van der Waals surface area contributed by atoms with Gasteiger partial charge in [-0.3, -0.25) is 4.79 Å². The molecular weight excluding hydrogens is 347 g/mol. The maximum atomic E-state index is 12.0. The molecule has 0 radical (unpaired) electrons. The first-order valence-corrected chi connectivity index (χ1v) is 7.92. The van der Waals surface area contributed by atoms with Crippen molar-refractivity contribution in [1.29, 1.82) is 0 Å². The lowest BCUT2D eigenvalue weighted by molar-refractivity contribution is -0.127. The average molecular weight is 368 g/mol. The van der Waals surface area contributed by atoms with Crippen molar-refractivity contribution in [2.75, 3.05) is 19.6 Å². The molecule has 0 saturated carbocycles. The third kappa shape index (κ3) is 5.84. The molecule has 2 N–H and O–H groups in total. The van der Waals surface area contributed by atoms with Crippen LogP contribution in [0.15, 0.2) is 18.2 Å². The molecule has 7 heteroatoms. The second-order valence-corrected chi connectivity index (χ2v) is 6.09. The standard InChI is InChI=1S/C15H20Cl2N2O2.ClH/c1-10(21-12-2-3-13(16)14(17)8-12)15(20)19-7-5-11-4-6-18-9-11;/h2-3,8,10-11,18H,4-7,9H2,1H3,(H,19,20);1H. The van der Waals surface area contributed by atoms with Gasteiger partial charge in [0, 0.05) is 12.6 Å². The van der Waals surface area contributed by atoms with Crippen molar-refractivity contribution in [3.8, 4) is 5.75 Å². The Kier molecular flexibility index (Phi) is 8.33. The van der Waals surface area contributed by atoms with Gasteiger partial charge in [-0.1, -0.05) is 23.2 Å². The van der Waals surface area contributed by atoms with Gasteiger partial charge in [0.25, 0.3) is 5.91 Å². The Morgan fingerprint density at radius 1 is 1.45 bits per heavy atom. The highest BCUT2D eigenvalue weighted by molar-refractivity contribution is 6.42. The Morgan fingerprint density at radius 2 is 2.23 bits per heavy atom. The number of amides is 1. The predicted molar refractivity (Wildman–Crippen MR) is 92.4 cm³/mol. The minimum atomic E-state index is -0.566. The first kappa shape index (κ1) is 19.4. The highest BCUT2D eigenvalue weighted by atomic mass is 35.5. The maximum absolute atomic E-state index is 12.0. The summed E-state index contributed by atoms with van der Waals surface area (Å²) in [5.74, 6) is 1.08. The molecule has 1 aromatic rings. The van der Waals surface area contributed by atoms with Crippen LogP contribution >= 0.6 is 35.6 Å². The fourth-order valence-electron chi connectivity index (χ4n) is 2.31. The number of carbonyl (C=O) groups excluding carboxylic acids is 1. The molecule has 1 aliphatic heterocycles. The number of ether oxygens (including phenoxy) is 1. The van der Waals surface area contributed by atoms with Gasteiger partial charge in [0.15, 0.2) is 6.10 Å². The molecule has 2 atom stereocenters. The molecule has 22 heavy (non-hydrogen) atoms. The molecule has 1 fully saturated rings. The zero-order valence-electron chi connectivity index (χ0n) is 12.4. The molecule has 0 spiro atoms. The summed E-state index contributed by atoms with van der Waals surface area (Å²) in [7, 11) is 0. The van der Waals surface area contributed by atoms with Gasteiger partial charge in [0.05, 0.1) is 10.0 Å². The van der Waals surface area contributed by atoms with Gasteiger partial charge in [-0.15, -0.1) is 12.4 Å². The van der Waals surface area contributed by atoms with Crippen molar-refractivity contribution in [2.45, 2.75) is 25.9 Å². The van der Waals surface area contributed by atoms with Gasteiger partial charge in [-0.25, -0.2) is 0 Å². The fraction of sp³-hybridized carbons (Fsp3) is 0.533.